The Balaban J connectivity index is 0.991. The number of fused-ring (bicyclic) bond motifs is 13. The molecule has 0 atom stereocenters. The van der Waals surface area contributed by atoms with Crippen LogP contribution in [0.3, 0.4) is 0 Å². The Morgan fingerprint density at radius 3 is 1.73 bits per heavy atom. The van der Waals surface area contributed by atoms with Gasteiger partial charge < -0.3 is 8.98 Å². The first-order valence-corrected chi connectivity index (χ1v) is 24.3. The first kappa shape index (κ1) is 38.9. The zero-order valence-corrected chi connectivity index (χ0v) is 38.2. The number of hydrogen-bond donors (Lipinski definition) is 0. The van der Waals surface area contributed by atoms with Gasteiger partial charge in [-0.1, -0.05) is 164 Å². The zero-order chi connectivity index (χ0) is 45.9. The quantitative estimate of drug-likeness (QED) is 0.167. The van der Waals surface area contributed by atoms with Crippen LogP contribution in [0.15, 0.2) is 229 Å². The number of aromatic nitrogens is 5. The lowest BCUT2D eigenvalue weighted by molar-refractivity contribution is 0.669. The normalized spacial score (nSPS) is 12.0. The maximum atomic E-state index is 6.70. The maximum Gasteiger partial charge on any atom is 0.238 e. The molecule has 0 spiro atoms. The number of hydrogen-bond acceptors (Lipinski definition) is 5. The molecule has 7 heteroatoms. The zero-order valence-electron chi connectivity index (χ0n) is 37.4. The molecular weight excluding hydrogens is 875 g/mol. The third-order valence-corrected chi connectivity index (χ3v) is 15.1. The third-order valence-electron chi connectivity index (χ3n) is 14.0. The van der Waals surface area contributed by atoms with Gasteiger partial charge in [0.1, 0.15) is 11.2 Å². The molecule has 70 heavy (non-hydrogen) atoms. The summed E-state index contributed by atoms with van der Waals surface area (Å²) >= 11 is 1.84. The number of furan rings is 1. The predicted octanol–water partition coefficient (Wildman–Crippen LogP) is 17.0. The number of para-hydroxylation sites is 3. The second-order valence-electron chi connectivity index (χ2n) is 17.9. The molecule has 0 radical (unpaired) electrons. The Kier molecular flexibility index (Phi) is 8.43. The molecule has 0 fully saturated rings. The number of benzene rings is 10. The van der Waals surface area contributed by atoms with Crippen molar-refractivity contribution in [2.24, 2.45) is 0 Å². The summed E-state index contributed by atoms with van der Waals surface area (Å²) in [5.41, 5.74) is 13.4. The molecule has 0 saturated heterocycles. The average molecular weight is 912 g/mol. The van der Waals surface area contributed by atoms with Gasteiger partial charge in [0.25, 0.3) is 0 Å². The topological polar surface area (TPSA) is 61.7 Å². The lowest BCUT2D eigenvalue weighted by Crippen LogP contribution is -2.07. The number of nitrogens with zero attached hydrogens (tertiary/aromatic N) is 5. The van der Waals surface area contributed by atoms with E-state index in [1.54, 1.807) is 0 Å². The van der Waals surface area contributed by atoms with Gasteiger partial charge >= 0.3 is 0 Å². The van der Waals surface area contributed by atoms with Crippen LogP contribution in [0.2, 0.25) is 0 Å². The molecule has 0 aliphatic heterocycles. The lowest BCUT2D eigenvalue weighted by Gasteiger charge is -2.13. The van der Waals surface area contributed by atoms with E-state index in [-0.39, 0.29) is 0 Å². The van der Waals surface area contributed by atoms with E-state index in [9.17, 15) is 0 Å². The van der Waals surface area contributed by atoms with Gasteiger partial charge in [0.05, 0.1) is 22.1 Å². The standard InChI is InChI=1S/C63H37N5OS/c1-4-16-38(17-5-1)40-31-35-55-50(36-40)58-43(24-15-29-56(58)70-55)41-30-34-53-49(37-41)57-48(25-14-28-54(57)69-53)62-64-61(39-18-6-2-7-19-39)65-63(66-62)68-52-27-13-11-23-45(52)47-33-32-46-44-22-10-12-26-51(44)67(59(46)60(47)68)42-20-8-3-9-21-42/h1-37H. The summed E-state index contributed by atoms with van der Waals surface area (Å²) in [5.74, 6) is 1.67. The first-order chi connectivity index (χ1) is 34.7. The Bertz CT molecular complexity index is 4590. The van der Waals surface area contributed by atoms with E-state index in [0.29, 0.717) is 17.6 Å². The van der Waals surface area contributed by atoms with E-state index in [0.717, 1.165) is 82.5 Å². The molecule has 0 aliphatic rings. The van der Waals surface area contributed by atoms with Crippen LogP contribution in [0.4, 0.5) is 0 Å². The van der Waals surface area contributed by atoms with Crippen molar-refractivity contribution in [3.8, 4) is 56.7 Å². The fourth-order valence-electron chi connectivity index (χ4n) is 10.9. The molecule has 5 aromatic heterocycles. The van der Waals surface area contributed by atoms with E-state index in [2.05, 4.69) is 203 Å². The molecule has 15 aromatic rings. The highest BCUT2D eigenvalue weighted by Crippen LogP contribution is 2.45. The van der Waals surface area contributed by atoms with Gasteiger partial charge in [-0.25, -0.2) is 4.98 Å². The van der Waals surface area contributed by atoms with Crippen LogP contribution in [0.1, 0.15) is 0 Å². The van der Waals surface area contributed by atoms with Crippen LogP contribution >= 0.6 is 11.3 Å². The Morgan fingerprint density at radius 2 is 0.957 bits per heavy atom. The Hall–Kier alpha value is -9.17. The fourth-order valence-corrected chi connectivity index (χ4v) is 12.0. The van der Waals surface area contributed by atoms with Crippen molar-refractivity contribution in [2.75, 3.05) is 0 Å². The number of thiophene rings is 1. The molecule has 10 aromatic carbocycles. The minimum atomic E-state index is 0.531. The van der Waals surface area contributed by atoms with Crippen molar-refractivity contribution in [1.29, 1.82) is 0 Å². The molecular formula is C63H37N5OS. The summed E-state index contributed by atoms with van der Waals surface area (Å²) in [6, 6.07) is 79.6. The Morgan fingerprint density at radius 1 is 0.343 bits per heavy atom. The molecule has 0 saturated carbocycles. The molecule has 0 amide bonds. The monoisotopic (exact) mass is 911 g/mol. The van der Waals surface area contributed by atoms with Gasteiger partial charge in [-0.15, -0.1) is 11.3 Å². The van der Waals surface area contributed by atoms with Crippen molar-refractivity contribution in [3.05, 3.63) is 224 Å². The minimum Gasteiger partial charge on any atom is -0.456 e. The molecule has 15 rings (SSSR count). The third kappa shape index (κ3) is 5.82. The van der Waals surface area contributed by atoms with Crippen molar-refractivity contribution in [3.63, 3.8) is 0 Å². The van der Waals surface area contributed by atoms with Crippen LogP contribution in [0.25, 0.3) is 142 Å². The van der Waals surface area contributed by atoms with Crippen LogP contribution in [-0.4, -0.2) is 24.1 Å². The first-order valence-electron chi connectivity index (χ1n) is 23.5. The molecule has 0 N–H and O–H groups in total. The Labute approximate surface area is 404 Å². The summed E-state index contributed by atoms with van der Waals surface area (Å²) < 4.78 is 13.9. The van der Waals surface area contributed by atoms with Crippen LogP contribution in [-0.2, 0) is 0 Å². The van der Waals surface area contributed by atoms with E-state index in [1.165, 1.54) is 42.2 Å². The van der Waals surface area contributed by atoms with E-state index >= 15 is 0 Å². The van der Waals surface area contributed by atoms with Gasteiger partial charge in [-0.2, -0.15) is 9.97 Å². The van der Waals surface area contributed by atoms with E-state index in [4.69, 9.17) is 19.4 Å². The molecule has 0 unspecified atom stereocenters. The van der Waals surface area contributed by atoms with Gasteiger partial charge in [0.15, 0.2) is 11.6 Å². The molecule has 0 bridgehead atoms. The second-order valence-corrected chi connectivity index (χ2v) is 19.0. The van der Waals surface area contributed by atoms with E-state index in [1.807, 2.05) is 41.7 Å². The van der Waals surface area contributed by atoms with Crippen LogP contribution in [0.5, 0.6) is 0 Å². The average Bonchev–Trinajstić information content (AvgIpc) is 4.19. The maximum absolute atomic E-state index is 6.70. The highest BCUT2D eigenvalue weighted by atomic mass is 32.1. The molecule has 6 nitrogen and oxygen atoms in total. The summed E-state index contributed by atoms with van der Waals surface area (Å²) in [4.78, 5) is 16.3. The molecule has 0 aliphatic carbocycles. The lowest BCUT2D eigenvalue weighted by atomic mass is 9.96. The van der Waals surface area contributed by atoms with Crippen molar-refractivity contribution in [1.82, 2.24) is 24.1 Å². The van der Waals surface area contributed by atoms with Crippen LogP contribution in [0, 0.1) is 0 Å². The predicted molar refractivity (Wildman–Crippen MR) is 290 cm³/mol. The smallest absolute Gasteiger partial charge is 0.238 e. The summed E-state index contributed by atoms with van der Waals surface area (Å²) in [6.45, 7) is 0. The minimum absolute atomic E-state index is 0.531. The van der Waals surface area contributed by atoms with Gasteiger partial charge in [0.2, 0.25) is 5.95 Å². The number of rotatable bonds is 6. The SMILES string of the molecule is c1ccc(-c2ccc3sc4cccc(-c5ccc6oc7cccc(-c8nc(-c9ccccc9)nc(-n9c%10ccccc%10c%10ccc%11c%12ccccc%12n(-c%12ccccc%12)c%11c%109)n8)c7c6c5)c4c3c2)cc1. The molecule has 326 valence electrons. The summed E-state index contributed by atoms with van der Waals surface area (Å²) in [7, 11) is 0. The fraction of sp³-hybridized carbons (Fsp3) is 0. The van der Waals surface area contributed by atoms with Gasteiger partial charge in [0, 0.05) is 69.3 Å². The summed E-state index contributed by atoms with van der Waals surface area (Å²) in [5, 5.41) is 9.04. The highest BCUT2D eigenvalue weighted by molar-refractivity contribution is 7.26. The van der Waals surface area contributed by atoms with Crippen LogP contribution < -0.4 is 0 Å². The largest absolute Gasteiger partial charge is 0.456 e. The van der Waals surface area contributed by atoms with Gasteiger partial charge in [-0.05, 0) is 82.9 Å². The van der Waals surface area contributed by atoms with E-state index < -0.39 is 0 Å². The summed E-state index contributed by atoms with van der Waals surface area (Å²) in [6.07, 6.45) is 0. The second kappa shape index (κ2) is 15.2. The van der Waals surface area contributed by atoms with Crippen molar-refractivity contribution >= 4 is 97.1 Å². The van der Waals surface area contributed by atoms with Crippen molar-refractivity contribution < 1.29 is 4.42 Å². The molecule has 5 heterocycles. The van der Waals surface area contributed by atoms with Gasteiger partial charge in [-0.3, -0.25) is 4.57 Å². The van der Waals surface area contributed by atoms with Crippen molar-refractivity contribution in [2.45, 2.75) is 0 Å². The highest BCUT2D eigenvalue weighted by Gasteiger charge is 2.25.